The van der Waals surface area contributed by atoms with Crippen molar-refractivity contribution in [1.29, 1.82) is 0 Å². The third-order valence-corrected chi connectivity index (χ3v) is 8.16. The van der Waals surface area contributed by atoms with Gasteiger partial charge in [-0.25, -0.2) is 21.2 Å². The number of pyridine rings is 1. The Labute approximate surface area is 200 Å². The van der Waals surface area contributed by atoms with Crippen LogP contribution in [-0.2, 0) is 26.4 Å². The zero-order valence-electron chi connectivity index (χ0n) is 18.6. The van der Waals surface area contributed by atoms with Gasteiger partial charge in [-0.3, -0.25) is 9.52 Å². The highest BCUT2D eigenvalue weighted by atomic mass is 32.2. The van der Waals surface area contributed by atoms with Gasteiger partial charge in [-0.2, -0.15) is 0 Å². The molecule has 0 bridgehead atoms. The average Bonchev–Trinajstić information content (AvgIpc) is 3.57. The van der Waals surface area contributed by atoms with Crippen LogP contribution in [0.5, 0.6) is 5.75 Å². The molecule has 0 saturated heterocycles. The van der Waals surface area contributed by atoms with E-state index in [-0.39, 0.29) is 32.9 Å². The molecule has 5 rings (SSSR count). The summed E-state index contributed by atoms with van der Waals surface area (Å²) in [6.45, 7) is 0.343. The molecule has 0 unspecified atom stereocenters. The number of sulfonamides is 1. The topological polar surface area (TPSA) is 135 Å². The quantitative estimate of drug-likeness (QED) is 0.455. The van der Waals surface area contributed by atoms with Gasteiger partial charge >= 0.3 is 0 Å². The molecule has 0 amide bonds. The van der Waals surface area contributed by atoms with Crippen LogP contribution in [0.15, 0.2) is 51.5 Å². The molecular weight excluding hydrogens is 497 g/mol. The van der Waals surface area contributed by atoms with Crippen LogP contribution in [0.3, 0.4) is 0 Å². The number of sulfone groups is 1. The fourth-order valence-corrected chi connectivity index (χ4v) is 6.14. The second-order valence-corrected chi connectivity index (χ2v) is 12.4. The van der Waals surface area contributed by atoms with E-state index in [1.165, 1.54) is 28.8 Å². The maximum absolute atomic E-state index is 14.0. The van der Waals surface area contributed by atoms with E-state index in [1.54, 1.807) is 0 Å². The summed E-state index contributed by atoms with van der Waals surface area (Å²) in [5.41, 5.74) is -0.532. The van der Waals surface area contributed by atoms with Crippen LogP contribution in [0, 0.1) is 11.7 Å². The summed E-state index contributed by atoms with van der Waals surface area (Å²) in [7, 11) is -7.76. The van der Waals surface area contributed by atoms with Crippen LogP contribution in [-0.4, -0.2) is 32.8 Å². The minimum atomic E-state index is -4.13. The molecular formula is C23H22FN3O6S2. The van der Waals surface area contributed by atoms with Crippen LogP contribution in [0.4, 0.5) is 15.8 Å². The molecule has 2 heterocycles. The third kappa shape index (κ3) is 4.50. The van der Waals surface area contributed by atoms with Gasteiger partial charge in [0.15, 0.2) is 0 Å². The lowest BCUT2D eigenvalue weighted by Crippen LogP contribution is -2.27. The highest BCUT2D eigenvalue weighted by molar-refractivity contribution is 7.94. The van der Waals surface area contributed by atoms with Gasteiger partial charge in [-0.1, -0.05) is 12.8 Å². The Morgan fingerprint density at radius 3 is 2.63 bits per heavy atom. The number of aryl methyl sites for hydroxylation is 1. The van der Waals surface area contributed by atoms with E-state index in [0.29, 0.717) is 18.0 Å². The van der Waals surface area contributed by atoms with Gasteiger partial charge in [0.1, 0.15) is 17.1 Å². The fraction of sp³-hybridized carbons (Fsp3) is 0.261. The minimum Gasteiger partial charge on any atom is -0.506 e. The van der Waals surface area contributed by atoms with E-state index in [4.69, 9.17) is 0 Å². The Hall–Kier alpha value is -3.38. The highest BCUT2D eigenvalue weighted by Gasteiger charge is 2.29. The number of fused-ring (bicyclic) bond motifs is 2. The number of benzene rings is 2. The number of rotatable bonds is 6. The lowest BCUT2D eigenvalue weighted by atomic mass is 10.1. The number of nitrogens with zero attached hydrogens (tertiary/aromatic N) is 1. The smallest absolute Gasteiger partial charge is 0.264 e. The van der Waals surface area contributed by atoms with Crippen molar-refractivity contribution in [3.05, 3.63) is 63.5 Å². The number of halogens is 1. The number of hydrogen-bond donors (Lipinski definition) is 3. The molecule has 1 fully saturated rings. The second-order valence-electron chi connectivity index (χ2n) is 8.86. The molecule has 2 aromatic carbocycles. The van der Waals surface area contributed by atoms with Crippen LogP contribution in [0.1, 0.15) is 24.8 Å². The summed E-state index contributed by atoms with van der Waals surface area (Å²) in [5.74, 6) is -0.635. The van der Waals surface area contributed by atoms with E-state index in [9.17, 15) is 31.1 Å². The van der Waals surface area contributed by atoms with Crippen molar-refractivity contribution in [2.75, 3.05) is 16.3 Å². The van der Waals surface area contributed by atoms with Crippen molar-refractivity contribution in [2.24, 2.45) is 5.92 Å². The van der Waals surface area contributed by atoms with Gasteiger partial charge in [0.05, 0.1) is 33.5 Å². The Morgan fingerprint density at radius 1 is 1.20 bits per heavy atom. The summed E-state index contributed by atoms with van der Waals surface area (Å²) in [6.07, 6.45) is 3.82. The zero-order chi connectivity index (χ0) is 25.1. The first-order chi connectivity index (χ1) is 16.4. The van der Waals surface area contributed by atoms with Crippen molar-refractivity contribution in [3.63, 3.8) is 0 Å². The lowest BCUT2D eigenvalue weighted by Gasteiger charge is -2.22. The van der Waals surface area contributed by atoms with E-state index in [2.05, 4.69) is 10.0 Å². The fourth-order valence-electron chi connectivity index (χ4n) is 4.25. The molecule has 0 atom stereocenters. The van der Waals surface area contributed by atoms with Gasteiger partial charge in [0.25, 0.3) is 5.56 Å². The molecule has 1 aliphatic carbocycles. The summed E-state index contributed by atoms with van der Waals surface area (Å²) in [6, 6.07) is 7.63. The van der Waals surface area contributed by atoms with Crippen molar-refractivity contribution in [2.45, 2.75) is 30.7 Å². The molecule has 3 N–H and O–H groups in total. The lowest BCUT2D eigenvalue weighted by molar-refractivity contribution is 0.475. The molecule has 184 valence electrons. The molecule has 1 aliphatic heterocycles. The molecule has 12 heteroatoms. The molecule has 0 spiro atoms. The summed E-state index contributed by atoms with van der Waals surface area (Å²) < 4.78 is 66.9. The van der Waals surface area contributed by atoms with E-state index < -0.39 is 37.0 Å². The molecule has 1 aromatic heterocycles. The van der Waals surface area contributed by atoms with Crippen LogP contribution in [0.2, 0.25) is 0 Å². The van der Waals surface area contributed by atoms with Crippen molar-refractivity contribution < 1.29 is 26.3 Å². The first-order valence-electron chi connectivity index (χ1n) is 10.8. The Morgan fingerprint density at radius 2 is 1.94 bits per heavy atom. The number of anilines is 2. The third-order valence-electron chi connectivity index (χ3n) is 6.06. The first kappa shape index (κ1) is 23.4. The Kier molecular flexibility index (Phi) is 5.40. The van der Waals surface area contributed by atoms with Gasteiger partial charge in [-0.15, -0.1) is 0 Å². The monoisotopic (exact) mass is 519 g/mol. The molecule has 2 aliphatic rings. The number of aromatic hydroxyl groups is 1. The second kappa shape index (κ2) is 8.09. The Balaban J connectivity index is 1.66. The van der Waals surface area contributed by atoms with Crippen LogP contribution < -0.4 is 15.6 Å². The maximum Gasteiger partial charge on any atom is 0.264 e. The predicted molar refractivity (Wildman–Crippen MR) is 131 cm³/mol. The molecule has 35 heavy (non-hydrogen) atoms. The minimum absolute atomic E-state index is 0.0555. The molecule has 9 nitrogen and oxygen atoms in total. The highest BCUT2D eigenvalue weighted by Crippen LogP contribution is 2.39. The number of hydrogen-bond acceptors (Lipinski definition) is 7. The van der Waals surface area contributed by atoms with Gasteiger partial charge in [0, 0.05) is 17.6 Å². The molecule has 1 saturated carbocycles. The van der Waals surface area contributed by atoms with Gasteiger partial charge < -0.3 is 15.0 Å². The first-order valence-corrected chi connectivity index (χ1v) is 14.3. The van der Waals surface area contributed by atoms with Crippen LogP contribution >= 0.6 is 0 Å². The summed E-state index contributed by atoms with van der Waals surface area (Å²) in [4.78, 5) is 13.3. The summed E-state index contributed by atoms with van der Waals surface area (Å²) >= 11 is 0. The largest absolute Gasteiger partial charge is 0.506 e. The predicted octanol–water partition coefficient (Wildman–Crippen LogP) is 3.22. The standard InChI is InChI=1S/C23H22FN3O6S2/c1-34(30,31)26-15-5-6-17-20(11-15)35(32,33)12-18(25-17)21-22(28)16-10-14(24)4-7-19(16)27(23(21)29)9-8-13-2-3-13/h4-7,10-13,25-26,28H,2-3,8-9H2,1H3. The average molecular weight is 520 g/mol. The van der Waals surface area contributed by atoms with E-state index >= 15 is 0 Å². The van der Waals surface area contributed by atoms with Crippen molar-refractivity contribution >= 4 is 47.8 Å². The number of nitrogens with one attached hydrogen (secondary N) is 2. The SMILES string of the molecule is CS(=O)(=O)Nc1ccc2c(c1)S(=O)(=O)C=C(c1c(O)c3cc(F)ccc3n(CCC3CC3)c1=O)N2. The number of aromatic nitrogens is 1. The molecule has 3 aromatic rings. The van der Waals surface area contributed by atoms with E-state index in [1.807, 2.05) is 0 Å². The normalized spacial score (nSPS) is 16.9. The van der Waals surface area contributed by atoms with Crippen molar-refractivity contribution in [1.82, 2.24) is 4.57 Å². The Bertz CT molecular complexity index is 1690. The van der Waals surface area contributed by atoms with Gasteiger partial charge in [0.2, 0.25) is 19.9 Å². The van der Waals surface area contributed by atoms with Gasteiger partial charge in [-0.05, 0) is 48.7 Å². The van der Waals surface area contributed by atoms with Crippen molar-refractivity contribution in [3.8, 4) is 5.75 Å². The molecule has 0 radical (unpaired) electrons. The van der Waals surface area contributed by atoms with E-state index in [0.717, 1.165) is 43.1 Å². The zero-order valence-corrected chi connectivity index (χ0v) is 20.2. The summed E-state index contributed by atoms with van der Waals surface area (Å²) in [5, 5.41) is 14.7. The maximum atomic E-state index is 14.0. The van der Waals surface area contributed by atoms with Crippen LogP contribution in [0.25, 0.3) is 16.6 Å².